The summed E-state index contributed by atoms with van der Waals surface area (Å²) in [5.74, 6) is -6.28. The number of methoxy groups -OCH3 is 2. The van der Waals surface area contributed by atoms with Gasteiger partial charge in [0, 0.05) is 31.4 Å². The van der Waals surface area contributed by atoms with Gasteiger partial charge in [-0.1, -0.05) is 19.1 Å². The van der Waals surface area contributed by atoms with Crippen molar-refractivity contribution in [2.75, 3.05) is 34.0 Å². The minimum Gasteiger partial charge on any atom is -0.497 e. The largest absolute Gasteiger partial charge is 0.497 e. The van der Waals surface area contributed by atoms with E-state index in [2.05, 4.69) is 20.6 Å². The summed E-state index contributed by atoms with van der Waals surface area (Å²) in [4.78, 5) is 65.3. The number of rotatable bonds is 11. The molecule has 1 aromatic heterocycles. The molecule has 0 unspecified atom stereocenters. The molecule has 7 atom stereocenters. The number of nitrogens with one attached hydrogen (secondary N) is 3. The summed E-state index contributed by atoms with van der Waals surface area (Å²) in [7, 11) is -2.00. The van der Waals surface area contributed by atoms with Gasteiger partial charge in [-0.15, -0.1) is 0 Å². The van der Waals surface area contributed by atoms with Gasteiger partial charge < -0.3 is 34.5 Å². The average Bonchev–Trinajstić information content (AvgIpc) is 4.11. The van der Waals surface area contributed by atoms with Crippen molar-refractivity contribution in [3.63, 3.8) is 0 Å². The Kier molecular flexibility index (Phi) is 13.4. The van der Waals surface area contributed by atoms with Gasteiger partial charge in [-0.2, -0.15) is 26.3 Å². The number of alkyl halides is 7. The molecule has 2 aromatic rings. The monoisotopic (exact) mass is 938 g/mol. The Morgan fingerprint density at radius 2 is 1.73 bits per heavy atom. The molecule has 64 heavy (non-hydrogen) atoms. The number of hydrogen-bond acceptors (Lipinski definition) is 12. The first kappa shape index (κ1) is 48.5. The maximum Gasteiger partial charge on any atom is 0.438 e. The second-order valence-corrected chi connectivity index (χ2v) is 19.4. The lowest BCUT2D eigenvalue weighted by Crippen LogP contribution is -2.60. The molecule has 354 valence electrons. The van der Waals surface area contributed by atoms with Crippen molar-refractivity contribution >= 4 is 44.9 Å². The summed E-state index contributed by atoms with van der Waals surface area (Å²) in [5.41, 5.74) is -6.82. The van der Waals surface area contributed by atoms with E-state index in [1.165, 1.54) is 32.4 Å². The summed E-state index contributed by atoms with van der Waals surface area (Å²) in [6.07, 6.45) is -9.96. The Bertz CT molecular complexity index is 2280. The van der Waals surface area contributed by atoms with Gasteiger partial charge in [0.2, 0.25) is 39.0 Å². The van der Waals surface area contributed by atoms with Gasteiger partial charge in [-0.25, -0.2) is 27.6 Å². The first-order chi connectivity index (χ1) is 29.8. The summed E-state index contributed by atoms with van der Waals surface area (Å²) in [6.45, 7) is 0.755. The maximum absolute atomic E-state index is 14.9. The molecule has 1 saturated heterocycles. The molecule has 4 aliphatic rings. The Morgan fingerprint density at radius 1 is 1.03 bits per heavy atom. The fraction of sp³-hybridized carbons (Fsp3) is 0.650. The molecule has 0 radical (unpaired) electrons. The van der Waals surface area contributed by atoms with E-state index in [0.717, 1.165) is 4.90 Å². The summed E-state index contributed by atoms with van der Waals surface area (Å²) >= 11 is 0. The van der Waals surface area contributed by atoms with Gasteiger partial charge in [0.15, 0.2) is 0 Å². The number of allylic oxidation sites excluding steroid dienone is 1. The highest BCUT2D eigenvalue weighted by molar-refractivity contribution is 7.91. The number of ether oxygens (including phenoxy) is 4. The lowest BCUT2D eigenvalue weighted by Gasteiger charge is -2.35. The van der Waals surface area contributed by atoms with Crippen LogP contribution in [0.15, 0.2) is 30.4 Å². The van der Waals surface area contributed by atoms with Crippen LogP contribution >= 0.6 is 0 Å². The van der Waals surface area contributed by atoms with E-state index in [1.54, 1.807) is 19.1 Å². The Labute approximate surface area is 363 Å². The standard InChI is InChI=1S/C40H49F7N6O10S/c1-21-8-6-7-9-23-17-38(23,34(56)52-64(58,59)37(20-41)12-13-37)51-31(54)28-16-25(62-32-30(39(42,43)44)48-26-11-10-24(61-5)15-27(26)49-32)18-53(28)33(55)29(22(14-21)19-60-4)50-35(57)63-36(2,3)40(45,46)47/h7,9-11,15,21-23,25,28-29H,6,8,12-14,16-20H2,1-5H3,(H,50,57)(H,51,54)(H,52,56)/b9-7-/t21-,22+,23+,25-,28+,29+,38+/m1/s1. The van der Waals surface area contributed by atoms with E-state index >= 15 is 0 Å². The lowest BCUT2D eigenvalue weighted by molar-refractivity contribution is -0.244. The second kappa shape index (κ2) is 17.8. The Hall–Kier alpha value is -5.00. The van der Waals surface area contributed by atoms with E-state index in [-0.39, 0.29) is 55.0 Å². The normalized spacial score (nSPS) is 28.1. The molecule has 24 heteroatoms. The summed E-state index contributed by atoms with van der Waals surface area (Å²) in [5, 5.41) is 4.78. The number of aromatic nitrogens is 2. The van der Waals surface area contributed by atoms with Gasteiger partial charge in [0.1, 0.15) is 40.9 Å². The van der Waals surface area contributed by atoms with Gasteiger partial charge in [-0.3, -0.25) is 19.1 Å². The van der Waals surface area contributed by atoms with Crippen LogP contribution in [0.2, 0.25) is 0 Å². The smallest absolute Gasteiger partial charge is 0.438 e. The summed E-state index contributed by atoms with van der Waals surface area (Å²) < 4.78 is 147. The van der Waals surface area contributed by atoms with Gasteiger partial charge in [0.05, 0.1) is 31.3 Å². The average molecular weight is 939 g/mol. The fourth-order valence-corrected chi connectivity index (χ4v) is 9.39. The van der Waals surface area contributed by atoms with Crippen molar-refractivity contribution in [3.05, 3.63) is 36.0 Å². The van der Waals surface area contributed by atoms with Crippen LogP contribution in [-0.2, 0) is 40.1 Å². The predicted molar refractivity (Wildman–Crippen MR) is 211 cm³/mol. The van der Waals surface area contributed by atoms with Crippen molar-refractivity contribution in [1.29, 1.82) is 0 Å². The topological polar surface area (TPSA) is 204 Å². The number of hydrogen-bond donors (Lipinski definition) is 3. The number of amides is 4. The van der Waals surface area contributed by atoms with E-state index in [0.29, 0.717) is 26.7 Å². The number of alkyl carbamates (subject to hydrolysis) is 1. The molecule has 3 heterocycles. The fourth-order valence-electron chi connectivity index (χ4n) is 7.96. The van der Waals surface area contributed by atoms with E-state index in [1.807, 2.05) is 4.72 Å². The molecule has 2 aliphatic heterocycles. The molecule has 3 fully saturated rings. The molecule has 2 aliphatic carbocycles. The molecule has 16 nitrogen and oxygen atoms in total. The highest BCUT2D eigenvalue weighted by atomic mass is 32.2. The van der Waals surface area contributed by atoms with E-state index < -0.39 is 123 Å². The van der Waals surface area contributed by atoms with Crippen LogP contribution in [-0.4, -0.2) is 121 Å². The van der Waals surface area contributed by atoms with Crippen molar-refractivity contribution < 1.29 is 77.3 Å². The van der Waals surface area contributed by atoms with Crippen LogP contribution in [0.4, 0.5) is 35.5 Å². The van der Waals surface area contributed by atoms with Crippen LogP contribution in [0.1, 0.15) is 71.4 Å². The number of nitrogens with zero attached hydrogens (tertiary/aromatic N) is 3. The minimum atomic E-state index is -5.13. The number of benzene rings is 1. The number of sulfonamides is 1. The van der Waals surface area contributed by atoms with Gasteiger partial charge >= 0.3 is 18.4 Å². The predicted octanol–water partition coefficient (Wildman–Crippen LogP) is 4.90. The van der Waals surface area contributed by atoms with Crippen LogP contribution in [0.3, 0.4) is 0 Å². The molecular formula is C40H49F7N6O10S. The van der Waals surface area contributed by atoms with Crippen molar-refractivity contribution in [2.24, 2.45) is 17.8 Å². The van der Waals surface area contributed by atoms with Crippen LogP contribution in [0, 0.1) is 17.8 Å². The van der Waals surface area contributed by atoms with Crippen LogP contribution < -0.4 is 24.8 Å². The first-order valence-corrected chi connectivity index (χ1v) is 21.9. The third-order valence-corrected chi connectivity index (χ3v) is 14.3. The number of fused-ring (bicyclic) bond motifs is 3. The SMILES string of the molecule is COC[C@@H]1C[C@H](C)CC/C=C\[C@H]2C[C@]2(C(=O)NS(=O)(=O)C2(CF)CC2)NC(=O)[C@@H]2C[C@@H](Oc3nc4cc(OC)ccc4nc3C(F)(F)F)CN2C(=O)[C@H]1NC(=O)OC(C)(C)C(F)(F)F. The van der Waals surface area contributed by atoms with Crippen LogP contribution in [0.25, 0.3) is 11.0 Å². The highest BCUT2D eigenvalue weighted by Crippen LogP contribution is 2.48. The van der Waals surface area contributed by atoms with Crippen molar-refractivity contribution in [3.8, 4) is 11.6 Å². The Morgan fingerprint density at radius 3 is 2.34 bits per heavy atom. The zero-order valence-corrected chi connectivity index (χ0v) is 36.2. The van der Waals surface area contributed by atoms with Gasteiger partial charge in [-0.05, 0) is 70.4 Å². The first-order valence-electron chi connectivity index (χ1n) is 20.4. The second-order valence-electron chi connectivity index (χ2n) is 17.3. The van der Waals surface area contributed by atoms with Crippen molar-refractivity contribution in [1.82, 2.24) is 30.2 Å². The molecule has 4 amide bonds. The third-order valence-electron chi connectivity index (χ3n) is 12.2. The number of carbonyl (C=O) groups excluding carboxylic acids is 4. The zero-order chi connectivity index (χ0) is 47.2. The zero-order valence-electron chi connectivity index (χ0n) is 35.4. The molecular weight excluding hydrogens is 890 g/mol. The Balaban J connectivity index is 1.42. The molecule has 0 bridgehead atoms. The third kappa shape index (κ3) is 9.96. The van der Waals surface area contributed by atoms with E-state index in [9.17, 15) is 58.3 Å². The molecule has 2 saturated carbocycles. The molecule has 3 N–H and O–H groups in total. The van der Waals surface area contributed by atoms with Gasteiger partial charge in [0.25, 0.3) is 5.91 Å². The molecule has 6 rings (SSSR count). The van der Waals surface area contributed by atoms with Crippen LogP contribution in [0.5, 0.6) is 11.6 Å². The quantitative estimate of drug-likeness (QED) is 0.203. The summed E-state index contributed by atoms with van der Waals surface area (Å²) in [6, 6.07) is 0.380. The van der Waals surface area contributed by atoms with E-state index in [4.69, 9.17) is 18.9 Å². The molecule has 0 spiro atoms. The number of carbonyl (C=O) groups is 4. The lowest BCUT2D eigenvalue weighted by atomic mass is 9.87. The minimum absolute atomic E-state index is 0.0563. The molecule has 1 aromatic carbocycles. The highest BCUT2D eigenvalue weighted by Gasteiger charge is 2.64. The number of halogens is 7. The maximum atomic E-state index is 14.9. The van der Waals surface area contributed by atoms with Crippen molar-refractivity contribution in [2.45, 2.75) is 112 Å².